The predicted octanol–water partition coefficient (Wildman–Crippen LogP) is 5.97. The quantitative estimate of drug-likeness (QED) is 0.205. The van der Waals surface area contributed by atoms with E-state index in [0.29, 0.717) is 24.7 Å². The molecule has 0 radical (unpaired) electrons. The summed E-state index contributed by atoms with van der Waals surface area (Å²) in [6.07, 6.45) is 0.223. The highest BCUT2D eigenvalue weighted by molar-refractivity contribution is 9.10. The molecular formula is C36H38BrN3O6S. The number of carbonyl (C=O) groups is 2. The van der Waals surface area contributed by atoms with E-state index in [1.807, 2.05) is 75.4 Å². The van der Waals surface area contributed by atoms with Crippen LogP contribution in [0.25, 0.3) is 0 Å². The van der Waals surface area contributed by atoms with Crippen LogP contribution in [-0.4, -0.2) is 56.5 Å². The first-order valence-electron chi connectivity index (χ1n) is 15.3. The summed E-state index contributed by atoms with van der Waals surface area (Å²) < 4.78 is 41.8. The van der Waals surface area contributed by atoms with Crippen LogP contribution < -0.4 is 19.1 Å². The Morgan fingerprint density at radius 2 is 1.45 bits per heavy atom. The molecule has 1 atom stereocenters. The van der Waals surface area contributed by atoms with E-state index < -0.39 is 34.1 Å². The van der Waals surface area contributed by atoms with Gasteiger partial charge in [0, 0.05) is 29.0 Å². The van der Waals surface area contributed by atoms with Crippen molar-refractivity contribution in [1.82, 2.24) is 10.2 Å². The zero-order chi connectivity index (χ0) is 33.6. The third kappa shape index (κ3) is 8.72. The maximum atomic E-state index is 14.6. The molecule has 1 aliphatic heterocycles. The number of halogens is 1. The molecule has 0 spiro atoms. The summed E-state index contributed by atoms with van der Waals surface area (Å²) >= 11 is 3.46. The maximum Gasteiger partial charge on any atom is 0.264 e. The fourth-order valence-electron chi connectivity index (χ4n) is 5.23. The molecule has 0 saturated carbocycles. The van der Waals surface area contributed by atoms with E-state index in [4.69, 9.17) is 9.47 Å². The maximum absolute atomic E-state index is 14.6. The van der Waals surface area contributed by atoms with Crippen LogP contribution in [0.2, 0.25) is 0 Å². The van der Waals surface area contributed by atoms with E-state index in [2.05, 4.69) is 21.2 Å². The van der Waals surface area contributed by atoms with Gasteiger partial charge in [-0.05, 0) is 68.3 Å². The Bertz CT molecular complexity index is 1800. The smallest absolute Gasteiger partial charge is 0.264 e. The number of rotatable bonds is 11. The molecule has 0 aromatic heterocycles. The normalized spacial score (nSPS) is 13.4. The molecule has 4 aromatic rings. The minimum atomic E-state index is -4.24. The lowest BCUT2D eigenvalue weighted by Crippen LogP contribution is -2.56. The molecule has 1 heterocycles. The first-order chi connectivity index (χ1) is 22.4. The third-order valence-electron chi connectivity index (χ3n) is 7.46. The summed E-state index contributed by atoms with van der Waals surface area (Å²) in [6.45, 7) is 5.82. The fraction of sp³-hybridized carbons (Fsp3) is 0.278. The molecule has 246 valence electrons. The van der Waals surface area contributed by atoms with Crippen LogP contribution in [-0.2, 0) is 32.6 Å². The monoisotopic (exact) mass is 719 g/mol. The Morgan fingerprint density at radius 3 is 2.09 bits per heavy atom. The number of hydrogen-bond donors (Lipinski definition) is 1. The first-order valence-corrected chi connectivity index (χ1v) is 17.5. The fourth-order valence-corrected chi connectivity index (χ4v) is 6.92. The molecule has 11 heteroatoms. The van der Waals surface area contributed by atoms with E-state index in [1.54, 1.807) is 36.4 Å². The van der Waals surface area contributed by atoms with Crippen LogP contribution in [0, 0.1) is 0 Å². The first kappa shape index (κ1) is 34.0. The van der Waals surface area contributed by atoms with Gasteiger partial charge in [0.25, 0.3) is 10.0 Å². The number of ether oxygens (including phenoxy) is 2. The molecule has 5 rings (SSSR count). The van der Waals surface area contributed by atoms with Crippen molar-refractivity contribution in [1.29, 1.82) is 0 Å². The Hall–Kier alpha value is -4.35. The number of amides is 2. The number of nitrogens with one attached hydrogen (secondary N) is 1. The summed E-state index contributed by atoms with van der Waals surface area (Å²) in [7, 11) is -4.24. The van der Waals surface area contributed by atoms with E-state index in [1.165, 1.54) is 17.0 Å². The number of carbonyl (C=O) groups excluding carboxylic acids is 2. The zero-order valence-electron chi connectivity index (χ0n) is 26.6. The van der Waals surface area contributed by atoms with Gasteiger partial charge in [-0.25, -0.2) is 8.42 Å². The van der Waals surface area contributed by atoms with Gasteiger partial charge >= 0.3 is 0 Å². The predicted molar refractivity (Wildman–Crippen MR) is 185 cm³/mol. The van der Waals surface area contributed by atoms with Crippen molar-refractivity contribution >= 4 is 43.5 Å². The topological polar surface area (TPSA) is 105 Å². The Balaban J connectivity index is 1.59. The van der Waals surface area contributed by atoms with Crippen LogP contribution >= 0.6 is 15.9 Å². The van der Waals surface area contributed by atoms with Gasteiger partial charge in [0.1, 0.15) is 25.8 Å². The van der Waals surface area contributed by atoms with Gasteiger partial charge in [-0.3, -0.25) is 13.9 Å². The van der Waals surface area contributed by atoms with Crippen molar-refractivity contribution in [2.45, 2.75) is 50.2 Å². The standard InChI is InChI=1S/C36H38BrN3O6S/c1-36(2,3)38-35(42)31(22-26-10-6-4-7-11-26)39(24-27-14-16-28(37)17-15-27)34(41)25-40(47(43,44)30-12-8-5-9-13-30)29-18-19-32-33(23-29)46-21-20-45-32/h4-19,23,31H,20-22,24-25H2,1-3H3,(H,38,42)/t31-/m0/s1. The molecule has 9 nitrogen and oxygen atoms in total. The van der Waals surface area contributed by atoms with Crippen LogP contribution in [0.4, 0.5) is 5.69 Å². The minimum Gasteiger partial charge on any atom is -0.486 e. The average Bonchev–Trinajstić information content (AvgIpc) is 3.05. The number of sulfonamides is 1. The Labute approximate surface area is 284 Å². The van der Waals surface area contributed by atoms with Gasteiger partial charge in [-0.2, -0.15) is 0 Å². The van der Waals surface area contributed by atoms with Crippen molar-refractivity contribution in [3.05, 3.63) is 119 Å². The van der Waals surface area contributed by atoms with Gasteiger partial charge in [0.15, 0.2) is 11.5 Å². The highest BCUT2D eigenvalue weighted by atomic mass is 79.9. The Morgan fingerprint density at radius 1 is 0.830 bits per heavy atom. The van der Waals surface area contributed by atoms with E-state index >= 15 is 0 Å². The molecule has 2 amide bonds. The highest BCUT2D eigenvalue weighted by Crippen LogP contribution is 2.36. The zero-order valence-corrected chi connectivity index (χ0v) is 29.0. The largest absolute Gasteiger partial charge is 0.486 e. The number of fused-ring (bicyclic) bond motifs is 1. The molecular weight excluding hydrogens is 682 g/mol. The molecule has 0 saturated heterocycles. The van der Waals surface area contributed by atoms with E-state index in [9.17, 15) is 18.0 Å². The average molecular weight is 721 g/mol. The summed E-state index contributed by atoms with van der Waals surface area (Å²) in [4.78, 5) is 30.2. The number of nitrogens with zero attached hydrogens (tertiary/aromatic N) is 2. The van der Waals surface area contributed by atoms with Gasteiger partial charge < -0.3 is 19.7 Å². The number of benzene rings is 4. The molecule has 0 aliphatic carbocycles. The SMILES string of the molecule is CC(C)(C)NC(=O)[C@H](Cc1ccccc1)N(Cc1ccc(Br)cc1)C(=O)CN(c1ccc2c(c1)OCCO2)S(=O)(=O)c1ccccc1. The molecule has 0 fully saturated rings. The van der Waals surface area contributed by atoms with Crippen LogP contribution in [0.3, 0.4) is 0 Å². The summed E-state index contributed by atoms with van der Waals surface area (Å²) in [5.74, 6) is -0.0226. The van der Waals surface area contributed by atoms with Crippen molar-refractivity contribution < 1.29 is 27.5 Å². The molecule has 0 bridgehead atoms. The minimum absolute atomic E-state index is 0.0217. The highest BCUT2D eigenvalue weighted by Gasteiger charge is 2.36. The molecule has 0 unspecified atom stereocenters. The van der Waals surface area contributed by atoms with Gasteiger partial charge in [0.05, 0.1) is 10.6 Å². The molecule has 1 aliphatic rings. The third-order valence-corrected chi connectivity index (χ3v) is 9.78. The van der Waals surface area contributed by atoms with Crippen LogP contribution in [0.5, 0.6) is 11.5 Å². The van der Waals surface area contributed by atoms with Crippen LogP contribution in [0.1, 0.15) is 31.9 Å². The lowest BCUT2D eigenvalue weighted by atomic mass is 10.0. The lowest BCUT2D eigenvalue weighted by molar-refractivity contribution is -0.140. The second-order valence-corrected chi connectivity index (χ2v) is 15.0. The molecule has 47 heavy (non-hydrogen) atoms. The lowest BCUT2D eigenvalue weighted by Gasteiger charge is -2.35. The van der Waals surface area contributed by atoms with Gasteiger partial charge in [-0.1, -0.05) is 76.6 Å². The van der Waals surface area contributed by atoms with E-state index in [0.717, 1.165) is 19.9 Å². The van der Waals surface area contributed by atoms with Crippen LogP contribution in [0.15, 0.2) is 112 Å². The summed E-state index contributed by atoms with van der Waals surface area (Å²) in [6, 6.07) is 28.7. The van der Waals surface area contributed by atoms with Crippen molar-refractivity contribution in [2.75, 3.05) is 24.1 Å². The van der Waals surface area contributed by atoms with Crippen molar-refractivity contribution in [2.24, 2.45) is 0 Å². The number of anilines is 1. The second-order valence-electron chi connectivity index (χ2n) is 12.2. The Kier molecular flexibility index (Phi) is 10.6. The molecule has 1 N–H and O–H groups in total. The number of hydrogen-bond acceptors (Lipinski definition) is 6. The van der Waals surface area contributed by atoms with Gasteiger partial charge in [-0.15, -0.1) is 0 Å². The molecule has 4 aromatic carbocycles. The summed E-state index contributed by atoms with van der Waals surface area (Å²) in [5, 5.41) is 3.04. The second kappa shape index (κ2) is 14.6. The van der Waals surface area contributed by atoms with Crippen molar-refractivity contribution in [3.63, 3.8) is 0 Å². The summed E-state index contributed by atoms with van der Waals surface area (Å²) in [5.41, 5.74) is 1.29. The van der Waals surface area contributed by atoms with E-state index in [-0.39, 0.29) is 29.5 Å². The van der Waals surface area contributed by atoms with Crippen molar-refractivity contribution in [3.8, 4) is 11.5 Å². The van der Waals surface area contributed by atoms with Gasteiger partial charge in [0.2, 0.25) is 11.8 Å².